The van der Waals surface area contributed by atoms with Gasteiger partial charge in [-0.15, -0.1) is 0 Å². The Morgan fingerprint density at radius 2 is 1.68 bits per heavy atom. The molecule has 0 saturated carbocycles. The predicted octanol–water partition coefficient (Wildman–Crippen LogP) is 2.18. The van der Waals surface area contributed by atoms with Crippen LogP contribution in [0.2, 0.25) is 0 Å². The van der Waals surface area contributed by atoms with E-state index in [4.69, 9.17) is 4.74 Å². The van der Waals surface area contributed by atoms with Crippen LogP contribution >= 0.6 is 0 Å². The molecule has 0 unspecified atom stereocenters. The van der Waals surface area contributed by atoms with Crippen LogP contribution < -0.4 is 10.6 Å². The second-order valence-corrected chi connectivity index (χ2v) is 6.91. The molecule has 1 aromatic carbocycles. The van der Waals surface area contributed by atoms with Crippen LogP contribution in [-0.2, 0) is 16.0 Å². The Hall–Kier alpha value is -2.57. The summed E-state index contributed by atoms with van der Waals surface area (Å²) in [4.78, 5) is 35.1. The lowest BCUT2D eigenvalue weighted by Gasteiger charge is -2.23. The van der Waals surface area contributed by atoms with Gasteiger partial charge in [-0.05, 0) is 63.4 Å². The number of carboxylic acids is 1. The molecule has 0 saturated heterocycles. The summed E-state index contributed by atoms with van der Waals surface area (Å²) in [6, 6.07) is 2.28. The van der Waals surface area contributed by atoms with E-state index in [9.17, 15) is 19.5 Å². The molecule has 7 nitrogen and oxygen atoms in total. The van der Waals surface area contributed by atoms with Gasteiger partial charge in [0.25, 0.3) is 5.91 Å². The van der Waals surface area contributed by atoms with Crippen LogP contribution in [0.1, 0.15) is 47.8 Å². The number of rotatable bonds is 5. The topological polar surface area (TPSA) is 105 Å². The lowest BCUT2D eigenvalue weighted by molar-refractivity contribution is -0.139. The minimum Gasteiger partial charge on any atom is -0.480 e. The molecule has 0 fully saturated rings. The highest BCUT2D eigenvalue weighted by Gasteiger charge is 2.25. The Bertz CT molecular complexity index is 654. The third kappa shape index (κ3) is 6.10. The van der Waals surface area contributed by atoms with Gasteiger partial charge in [-0.25, -0.2) is 9.59 Å². The van der Waals surface area contributed by atoms with Crippen molar-refractivity contribution < 1.29 is 24.2 Å². The fourth-order valence-electron chi connectivity index (χ4n) is 2.44. The number of amides is 2. The average molecular weight is 350 g/mol. The molecule has 3 N–H and O–H groups in total. The van der Waals surface area contributed by atoms with Gasteiger partial charge in [0, 0.05) is 19.0 Å². The number of carbonyl (C=O) groups excluding carboxylic acids is 2. The molecule has 0 aromatic heterocycles. The highest BCUT2D eigenvalue weighted by molar-refractivity contribution is 5.94. The van der Waals surface area contributed by atoms with E-state index in [1.54, 1.807) is 53.8 Å². The molecule has 25 heavy (non-hydrogen) atoms. The molecule has 7 heteroatoms. The van der Waals surface area contributed by atoms with E-state index < -0.39 is 23.7 Å². The maximum atomic E-state index is 11.9. The molecule has 138 valence electrons. The van der Waals surface area contributed by atoms with Gasteiger partial charge in [0.1, 0.15) is 11.6 Å². The minimum absolute atomic E-state index is 0.0975. The Morgan fingerprint density at radius 1 is 1.16 bits per heavy atom. The van der Waals surface area contributed by atoms with Crippen molar-refractivity contribution in [2.45, 2.75) is 52.7 Å². The van der Waals surface area contributed by atoms with Crippen molar-refractivity contribution in [1.29, 1.82) is 0 Å². The fraction of sp³-hybridized carbons (Fsp3) is 0.500. The third-order valence-corrected chi connectivity index (χ3v) is 3.58. The van der Waals surface area contributed by atoms with Gasteiger partial charge in [0.15, 0.2) is 0 Å². The Morgan fingerprint density at radius 3 is 2.08 bits per heavy atom. The molecule has 0 bridgehead atoms. The van der Waals surface area contributed by atoms with Crippen molar-refractivity contribution in [3.8, 4) is 0 Å². The Labute approximate surface area is 147 Å². The molecular weight excluding hydrogens is 324 g/mol. The van der Waals surface area contributed by atoms with Crippen molar-refractivity contribution >= 4 is 18.0 Å². The van der Waals surface area contributed by atoms with Crippen LogP contribution in [0.15, 0.2) is 12.1 Å². The number of nitrogens with one attached hydrogen (secondary N) is 2. The van der Waals surface area contributed by atoms with Gasteiger partial charge < -0.3 is 20.5 Å². The number of ether oxygens (including phenoxy) is 1. The summed E-state index contributed by atoms with van der Waals surface area (Å²) >= 11 is 0. The van der Waals surface area contributed by atoms with Gasteiger partial charge >= 0.3 is 12.1 Å². The monoisotopic (exact) mass is 350 g/mol. The number of hydrogen-bond donors (Lipinski definition) is 3. The maximum absolute atomic E-state index is 11.9. The summed E-state index contributed by atoms with van der Waals surface area (Å²) in [7, 11) is 1.55. The second-order valence-electron chi connectivity index (χ2n) is 6.91. The maximum Gasteiger partial charge on any atom is 0.408 e. The van der Waals surface area contributed by atoms with Gasteiger partial charge in [0.05, 0.1) is 0 Å². The zero-order valence-corrected chi connectivity index (χ0v) is 15.5. The molecule has 0 aliphatic carbocycles. The van der Waals surface area contributed by atoms with E-state index in [-0.39, 0.29) is 12.3 Å². The molecule has 1 atom stereocenters. The van der Waals surface area contributed by atoms with Crippen molar-refractivity contribution in [1.82, 2.24) is 10.6 Å². The number of carboxylic acid groups (broad SMARTS) is 1. The van der Waals surface area contributed by atoms with E-state index >= 15 is 0 Å². The van der Waals surface area contributed by atoms with E-state index in [1.807, 2.05) is 0 Å². The first-order chi connectivity index (χ1) is 11.4. The molecule has 0 radical (unpaired) electrons. The lowest BCUT2D eigenvalue weighted by Crippen LogP contribution is -2.44. The molecule has 1 aromatic rings. The van der Waals surface area contributed by atoms with Crippen LogP contribution in [0.3, 0.4) is 0 Å². The molecular formula is C18H26N2O5. The van der Waals surface area contributed by atoms with Crippen molar-refractivity contribution in [3.63, 3.8) is 0 Å². The Balaban J connectivity index is 3.01. The number of aliphatic carboxylic acids is 1. The summed E-state index contributed by atoms with van der Waals surface area (Å²) in [6.07, 6.45) is -0.683. The van der Waals surface area contributed by atoms with Crippen molar-refractivity contribution in [3.05, 3.63) is 34.4 Å². The quantitative estimate of drug-likeness (QED) is 0.755. The van der Waals surface area contributed by atoms with Gasteiger partial charge in [-0.1, -0.05) is 0 Å². The van der Waals surface area contributed by atoms with Crippen LogP contribution in [0.5, 0.6) is 0 Å². The SMILES string of the molecule is CNC(=O)c1cc(C)c(C[C@H](NC(=O)OC(C)(C)C)C(=O)O)c(C)c1. The number of hydrogen-bond acceptors (Lipinski definition) is 4. The molecule has 0 aliphatic heterocycles. The summed E-state index contributed by atoms with van der Waals surface area (Å²) in [5.74, 6) is -1.36. The molecule has 2 amide bonds. The molecule has 0 spiro atoms. The minimum atomic E-state index is -1.15. The number of carbonyl (C=O) groups is 3. The summed E-state index contributed by atoms with van der Waals surface area (Å²) in [6.45, 7) is 8.72. The van der Waals surface area contributed by atoms with Crippen LogP contribution in [0, 0.1) is 13.8 Å². The number of alkyl carbamates (subject to hydrolysis) is 1. The normalized spacial score (nSPS) is 12.2. The average Bonchev–Trinajstić information content (AvgIpc) is 2.46. The first kappa shape index (κ1) is 20.5. The first-order valence-corrected chi connectivity index (χ1v) is 7.99. The van der Waals surface area contributed by atoms with E-state index in [0.29, 0.717) is 5.56 Å². The predicted molar refractivity (Wildman–Crippen MR) is 93.8 cm³/mol. The third-order valence-electron chi connectivity index (χ3n) is 3.58. The summed E-state index contributed by atoms with van der Waals surface area (Å²) in [5.41, 5.74) is 2.14. The second kappa shape index (κ2) is 8.00. The largest absolute Gasteiger partial charge is 0.480 e. The smallest absolute Gasteiger partial charge is 0.408 e. The molecule has 1 rings (SSSR count). The zero-order chi connectivity index (χ0) is 19.4. The van der Waals surface area contributed by atoms with E-state index in [2.05, 4.69) is 10.6 Å². The van der Waals surface area contributed by atoms with Crippen LogP contribution in [0.25, 0.3) is 0 Å². The Kier molecular flexibility index (Phi) is 6.55. The van der Waals surface area contributed by atoms with Crippen molar-refractivity contribution in [2.24, 2.45) is 0 Å². The molecule has 0 aliphatic rings. The standard InChI is InChI=1S/C18H26N2O5/c1-10-7-12(15(21)19-6)8-11(2)13(10)9-14(16(22)23)20-17(24)25-18(3,4)5/h7-8,14H,9H2,1-6H3,(H,19,21)(H,20,24)(H,22,23)/t14-/m0/s1. The highest BCUT2D eigenvalue weighted by Crippen LogP contribution is 2.19. The fourth-order valence-corrected chi connectivity index (χ4v) is 2.44. The van der Waals surface area contributed by atoms with Crippen LogP contribution in [0.4, 0.5) is 4.79 Å². The van der Waals surface area contributed by atoms with Gasteiger partial charge in [-0.2, -0.15) is 0 Å². The lowest BCUT2D eigenvalue weighted by atomic mass is 9.94. The highest BCUT2D eigenvalue weighted by atomic mass is 16.6. The summed E-state index contributed by atoms with van der Waals surface area (Å²) < 4.78 is 5.12. The number of benzene rings is 1. The van der Waals surface area contributed by atoms with Crippen molar-refractivity contribution in [2.75, 3.05) is 7.05 Å². The van der Waals surface area contributed by atoms with Gasteiger partial charge in [0.2, 0.25) is 0 Å². The van der Waals surface area contributed by atoms with Crippen LogP contribution in [-0.4, -0.2) is 41.8 Å². The molecule has 0 heterocycles. The first-order valence-electron chi connectivity index (χ1n) is 7.99. The number of aryl methyl sites for hydroxylation is 2. The van der Waals surface area contributed by atoms with Gasteiger partial charge in [-0.3, -0.25) is 4.79 Å². The zero-order valence-electron chi connectivity index (χ0n) is 15.5. The summed E-state index contributed by atoms with van der Waals surface area (Å²) in [5, 5.41) is 14.3. The van der Waals surface area contributed by atoms with E-state index in [0.717, 1.165) is 16.7 Å². The van der Waals surface area contributed by atoms with E-state index in [1.165, 1.54) is 0 Å².